The van der Waals surface area contributed by atoms with E-state index in [1.807, 2.05) is 0 Å². The monoisotopic (exact) mass is 241 g/mol. The van der Waals surface area contributed by atoms with Gasteiger partial charge in [-0.3, -0.25) is 9.59 Å². The first-order chi connectivity index (χ1) is 8.29. The van der Waals surface area contributed by atoms with Crippen molar-refractivity contribution in [2.75, 3.05) is 52.5 Å². The van der Waals surface area contributed by atoms with Crippen molar-refractivity contribution in [2.24, 2.45) is 0 Å². The molecule has 2 rings (SSSR count). The van der Waals surface area contributed by atoms with Crippen LogP contribution in [0.2, 0.25) is 0 Å². The number of nitrogens with zero attached hydrogens (tertiary/aromatic N) is 2. The van der Waals surface area contributed by atoms with Crippen LogP contribution in [0.25, 0.3) is 0 Å². The fraction of sp³-hybridized carbons (Fsp3) is 0.818. The lowest BCUT2D eigenvalue weighted by atomic mass is 10.3. The summed E-state index contributed by atoms with van der Waals surface area (Å²) >= 11 is 0. The predicted molar refractivity (Wildman–Crippen MR) is 61.5 cm³/mol. The molecule has 2 amide bonds. The predicted octanol–water partition coefficient (Wildman–Crippen LogP) is -1.33. The van der Waals surface area contributed by atoms with Crippen LogP contribution in [-0.2, 0) is 14.3 Å². The van der Waals surface area contributed by atoms with Gasteiger partial charge >= 0.3 is 11.8 Å². The number of ether oxygens (including phenoxy) is 1. The summed E-state index contributed by atoms with van der Waals surface area (Å²) in [5.41, 5.74) is 0. The van der Waals surface area contributed by atoms with Gasteiger partial charge in [-0.2, -0.15) is 0 Å². The standard InChI is InChI=1S/C11H19N3O3/c15-10(13-4-1-2-12-3-5-13)11(16)14-6-8-17-9-7-14/h12H,1-9H2. The van der Waals surface area contributed by atoms with E-state index in [0.717, 1.165) is 19.5 Å². The van der Waals surface area contributed by atoms with E-state index in [0.29, 0.717) is 39.4 Å². The minimum atomic E-state index is -0.379. The minimum Gasteiger partial charge on any atom is -0.378 e. The number of amides is 2. The van der Waals surface area contributed by atoms with Crippen LogP contribution < -0.4 is 5.32 Å². The van der Waals surface area contributed by atoms with E-state index in [4.69, 9.17) is 4.74 Å². The first kappa shape index (κ1) is 12.3. The first-order valence-corrected chi connectivity index (χ1v) is 6.15. The summed E-state index contributed by atoms with van der Waals surface area (Å²) in [5.74, 6) is -0.745. The summed E-state index contributed by atoms with van der Waals surface area (Å²) < 4.78 is 5.17. The van der Waals surface area contributed by atoms with Gasteiger partial charge in [-0.25, -0.2) is 0 Å². The largest absolute Gasteiger partial charge is 0.378 e. The third-order valence-electron chi connectivity index (χ3n) is 3.11. The van der Waals surface area contributed by atoms with Crippen LogP contribution in [0.3, 0.4) is 0 Å². The van der Waals surface area contributed by atoms with Crippen molar-refractivity contribution in [3.8, 4) is 0 Å². The maximum absolute atomic E-state index is 12.0. The zero-order chi connectivity index (χ0) is 12.1. The van der Waals surface area contributed by atoms with Crippen LogP contribution in [0.5, 0.6) is 0 Å². The SMILES string of the molecule is O=C(C(=O)N1CCOCC1)N1CCCNCC1. The molecular weight excluding hydrogens is 222 g/mol. The number of nitrogens with one attached hydrogen (secondary N) is 1. The van der Waals surface area contributed by atoms with Gasteiger partial charge in [0.1, 0.15) is 0 Å². The molecule has 0 radical (unpaired) electrons. The lowest BCUT2D eigenvalue weighted by Crippen LogP contribution is -2.49. The van der Waals surface area contributed by atoms with Crippen molar-refractivity contribution in [3.05, 3.63) is 0 Å². The molecule has 0 unspecified atom stereocenters. The average Bonchev–Trinajstić information content (AvgIpc) is 2.67. The van der Waals surface area contributed by atoms with Crippen LogP contribution in [0.1, 0.15) is 6.42 Å². The lowest BCUT2D eigenvalue weighted by molar-refractivity contribution is -0.154. The number of morpholine rings is 1. The third kappa shape index (κ3) is 3.17. The van der Waals surface area contributed by atoms with Gasteiger partial charge in [0.15, 0.2) is 0 Å². The number of hydrogen-bond acceptors (Lipinski definition) is 4. The summed E-state index contributed by atoms with van der Waals surface area (Å²) in [6.45, 7) is 5.07. The highest BCUT2D eigenvalue weighted by Gasteiger charge is 2.28. The number of rotatable bonds is 0. The van der Waals surface area contributed by atoms with Crippen molar-refractivity contribution in [2.45, 2.75) is 6.42 Å². The van der Waals surface area contributed by atoms with E-state index < -0.39 is 0 Å². The molecule has 0 aliphatic carbocycles. The van der Waals surface area contributed by atoms with Gasteiger partial charge < -0.3 is 19.9 Å². The quantitative estimate of drug-likeness (QED) is 0.534. The molecule has 2 aliphatic rings. The molecule has 0 aromatic rings. The maximum atomic E-state index is 12.0. The Kier molecular flexibility index (Phi) is 4.33. The van der Waals surface area contributed by atoms with Gasteiger partial charge in [0.25, 0.3) is 0 Å². The third-order valence-corrected chi connectivity index (χ3v) is 3.11. The Bertz CT molecular complexity index is 282. The molecule has 2 heterocycles. The molecule has 6 nitrogen and oxygen atoms in total. The number of hydrogen-bond donors (Lipinski definition) is 1. The van der Waals surface area contributed by atoms with Crippen molar-refractivity contribution in [1.82, 2.24) is 15.1 Å². The smallest absolute Gasteiger partial charge is 0.312 e. The van der Waals surface area contributed by atoms with Crippen LogP contribution in [0.15, 0.2) is 0 Å². The Morgan fingerprint density at radius 2 is 1.53 bits per heavy atom. The average molecular weight is 241 g/mol. The molecule has 96 valence electrons. The van der Waals surface area contributed by atoms with E-state index in [2.05, 4.69) is 5.32 Å². The maximum Gasteiger partial charge on any atom is 0.312 e. The first-order valence-electron chi connectivity index (χ1n) is 6.15. The van der Waals surface area contributed by atoms with Gasteiger partial charge in [-0.05, 0) is 13.0 Å². The van der Waals surface area contributed by atoms with E-state index in [1.165, 1.54) is 0 Å². The molecule has 0 atom stereocenters. The highest BCUT2D eigenvalue weighted by molar-refractivity contribution is 6.34. The van der Waals surface area contributed by atoms with Crippen molar-refractivity contribution < 1.29 is 14.3 Å². The van der Waals surface area contributed by atoms with Gasteiger partial charge in [0.05, 0.1) is 13.2 Å². The van der Waals surface area contributed by atoms with Crippen LogP contribution in [-0.4, -0.2) is 74.1 Å². The Labute approximate surface area is 101 Å². The molecule has 0 saturated carbocycles. The minimum absolute atomic E-state index is 0.365. The summed E-state index contributed by atoms with van der Waals surface area (Å²) in [6, 6.07) is 0. The zero-order valence-corrected chi connectivity index (χ0v) is 9.98. The van der Waals surface area contributed by atoms with E-state index in [-0.39, 0.29) is 11.8 Å². The zero-order valence-electron chi connectivity index (χ0n) is 9.98. The molecule has 0 bridgehead atoms. The van der Waals surface area contributed by atoms with Crippen LogP contribution in [0, 0.1) is 0 Å². The molecule has 2 fully saturated rings. The van der Waals surface area contributed by atoms with Gasteiger partial charge in [-0.1, -0.05) is 0 Å². The van der Waals surface area contributed by atoms with Gasteiger partial charge in [-0.15, -0.1) is 0 Å². The molecule has 0 spiro atoms. The van der Waals surface area contributed by atoms with Crippen LogP contribution >= 0.6 is 0 Å². The normalized spacial score (nSPS) is 22.1. The van der Waals surface area contributed by atoms with Gasteiger partial charge in [0.2, 0.25) is 0 Å². The highest BCUT2D eigenvalue weighted by atomic mass is 16.5. The molecule has 1 N–H and O–H groups in total. The number of carbonyl (C=O) groups excluding carboxylic acids is 2. The fourth-order valence-electron chi connectivity index (χ4n) is 2.09. The Morgan fingerprint density at radius 1 is 0.882 bits per heavy atom. The molecule has 2 aliphatic heterocycles. The summed E-state index contributed by atoms with van der Waals surface area (Å²) in [4.78, 5) is 27.2. The van der Waals surface area contributed by atoms with Crippen molar-refractivity contribution in [1.29, 1.82) is 0 Å². The van der Waals surface area contributed by atoms with Crippen molar-refractivity contribution in [3.63, 3.8) is 0 Å². The highest BCUT2D eigenvalue weighted by Crippen LogP contribution is 2.03. The molecule has 0 aromatic carbocycles. The molecule has 2 saturated heterocycles. The molecule has 0 aromatic heterocycles. The molecule has 6 heteroatoms. The summed E-state index contributed by atoms with van der Waals surface area (Å²) in [5, 5.41) is 3.21. The Balaban J connectivity index is 1.90. The van der Waals surface area contributed by atoms with E-state index in [1.54, 1.807) is 9.80 Å². The fourth-order valence-corrected chi connectivity index (χ4v) is 2.09. The van der Waals surface area contributed by atoms with E-state index in [9.17, 15) is 9.59 Å². The number of carbonyl (C=O) groups is 2. The molecular formula is C11H19N3O3. The second-order valence-corrected chi connectivity index (χ2v) is 4.30. The Morgan fingerprint density at radius 3 is 2.24 bits per heavy atom. The van der Waals surface area contributed by atoms with E-state index >= 15 is 0 Å². The van der Waals surface area contributed by atoms with Gasteiger partial charge in [0, 0.05) is 32.7 Å². The van der Waals surface area contributed by atoms with Crippen LogP contribution in [0.4, 0.5) is 0 Å². The summed E-state index contributed by atoms with van der Waals surface area (Å²) in [6.07, 6.45) is 0.905. The van der Waals surface area contributed by atoms with Crippen molar-refractivity contribution >= 4 is 11.8 Å². The summed E-state index contributed by atoms with van der Waals surface area (Å²) in [7, 11) is 0. The Hall–Kier alpha value is -1.14. The lowest BCUT2D eigenvalue weighted by Gasteiger charge is -2.28. The second-order valence-electron chi connectivity index (χ2n) is 4.30. The second kappa shape index (κ2) is 5.97. The topological polar surface area (TPSA) is 61.9 Å². The molecule has 17 heavy (non-hydrogen) atoms.